The Hall–Kier alpha value is -2.04. The highest BCUT2D eigenvalue weighted by Gasteiger charge is 2.03. The van der Waals surface area contributed by atoms with Gasteiger partial charge in [-0.05, 0) is 28.8 Å². The second kappa shape index (κ2) is 5.34. The number of nitriles is 1. The highest BCUT2D eigenvalue weighted by atomic mass is 35.5. The monoisotopic (exact) mass is 239 g/mol. The van der Waals surface area contributed by atoms with E-state index in [1.54, 1.807) is 6.08 Å². The van der Waals surface area contributed by atoms with E-state index in [-0.39, 0.29) is 0 Å². The smallest absolute Gasteiger partial charge is 0.0918 e. The summed E-state index contributed by atoms with van der Waals surface area (Å²) in [5, 5.41) is 9.55. The van der Waals surface area contributed by atoms with Crippen LogP contribution in [-0.4, -0.2) is 0 Å². The third-order valence-corrected chi connectivity index (χ3v) is 2.70. The maximum Gasteiger partial charge on any atom is 0.0918 e. The third kappa shape index (κ3) is 2.75. The molecule has 2 rings (SSSR count). The Morgan fingerprint density at radius 1 is 0.941 bits per heavy atom. The van der Waals surface area contributed by atoms with Crippen LogP contribution in [0.3, 0.4) is 0 Å². The summed E-state index contributed by atoms with van der Waals surface area (Å²) in [6.07, 6.45) is 1.55. The Bertz CT molecular complexity index is 562. The number of nitrogens with zero attached hydrogens (tertiary/aromatic N) is 1. The van der Waals surface area contributed by atoms with Gasteiger partial charge in [0.15, 0.2) is 0 Å². The van der Waals surface area contributed by atoms with Crippen molar-refractivity contribution < 1.29 is 0 Å². The van der Waals surface area contributed by atoms with E-state index >= 15 is 0 Å². The van der Waals surface area contributed by atoms with Gasteiger partial charge in [-0.15, -0.1) is 0 Å². The Morgan fingerprint density at radius 2 is 1.53 bits per heavy atom. The van der Waals surface area contributed by atoms with Crippen LogP contribution in [0.15, 0.2) is 60.7 Å². The van der Waals surface area contributed by atoms with Crippen LogP contribution in [0, 0.1) is 11.3 Å². The molecule has 1 nitrogen and oxygen atoms in total. The zero-order valence-electron chi connectivity index (χ0n) is 9.10. The minimum Gasteiger partial charge on any atom is -0.193 e. The van der Waals surface area contributed by atoms with E-state index in [1.165, 1.54) is 0 Å². The van der Waals surface area contributed by atoms with Gasteiger partial charge in [0.05, 0.1) is 6.07 Å². The van der Waals surface area contributed by atoms with Crippen molar-refractivity contribution in [2.75, 3.05) is 0 Å². The second-order valence-electron chi connectivity index (χ2n) is 3.56. The molecule has 0 saturated carbocycles. The SMILES string of the molecule is N#C/C=C(\c1ccccc1)c1ccc(Cl)cc1. The lowest BCUT2D eigenvalue weighted by Gasteiger charge is -2.06. The van der Waals surface area contributed by atoms with Gasteiger partial charge >= 0.3 is 0 Å². The lowest BCUT2D eigenvalue weighted by molar-refractivity contribution is 1.51. The van der Waals surface area contributed by atoms with E-state index in [0.29, 0.717) is 5.02 Å². The lowest BCUT2D eigenvalue weighted by atomic mass is 9.98. The average molecular weight is 240 g/mol. The second-order valence-corrected chi connectivity index (χ2v) is 4.00. The van der Waals surface area contributed by atoms with Crippen molar-refractivity contribution in [3.05, 3.63) is 76.8 Å². The van der Waals surface area contributed by atoms with E-state index in [0.717, 1.165) is 16.7 Å². The van der Waals surface area contributed by atoms with E-state index < -0.39 is 0 Å². The number of allylic oxidation sites excluding steroid dienone is 1. The fourth-order valence-corrected chi connectivity index (χ4v) is 1.77. The van der Waals surface area contributed by atoms with Crippen LogP contribution in [0.5, 0.6) is 0 Å². The van der Waals surface area contributed by atoms with Gasteiger partial charge in [0.25, 0.3) is 0 Å². The van der Waals surface area contributed by atoms with Crippen molar-refractivity contribution in [2.24, 2.45) is 0 Å². The number of halogens is 1. The highest BCUT2D eigenvalue weighted by molar-refractivity contribution is 6.30. The van der Waals surface area contributed by atoms with E-state index in [4.69, 9.17) is 16.9 Å². The molecular weight excluding hydrogens is 230 g/mol. The molecule has 0 bridgehead atoms. The van der Waals surface area contributed by atoms with Crippen molar-refractivity contribution in [1.82, 2.24) is 0 Å². The fourth-order valence-electron chi connectivity index (χ4n) is 1.65. The molecule has 0 spiro atoms. The van der Waals surface area contributed by atoms with Crippen LogP contribution in [-0.2, 0) is 0 Å². The van der Waals surface area contributed by atoms with Crippen molar-refractivity contribution in [3.63, 3.8) is 0 Å². The molecule has 0 saturated heterocycles. The molecule has 0 heterocycles. The summed E-state index contributed by atoms with van der Waals surface area (Å²) in [4.78, 5) is 0. The zero-order valence-corrected chi connectivity index (χ0v) is 9.85. The largest absolute Gasteiger partial charge is 0.193 e. The molecule has 0 unspecified atom stereocenters. The normalized spacial score (nSPS) is 10.9. The first kappa shape index (κ1) is 11.4. The summed E-state index contributed by atoms with van der Waals surface area (Å²) in [5.74, 6) is 0. The maximum atomic E-state index is 8.86. The molecule has 0 aliphatic rings. The lowest BCUT2D eigenvalue weighted by Crippen LogP contribution is -1.87. The molecule has 0 aliphatic heterocycles. The molecule has 17 heavy (non-hydrogen) atoms. The predicted octanol–water partition coefficient (Wildman–Crippen LogP) is 4.30. The summed E-state index contributed by atoms with van der Waals surface area (Å²) in [7, 11) is 0. The van der Waals surface area contributed by atoms with Crippen molar-refractivity contribution in [2.45, 2.75) is 0 Å². The van der Waals surface area contributed by atoms with Gasteiger partial charge in [0.1, 0.15) is 0 Å². The van der Waals surface area contributed by atoms with Crippen molar-refractivity contribution in [1.29, 1.82) is 5.26 Å². The van der Waals surface area contributed by atoms with Crippen LogP contribution >= 0.6 is 11.6 Å². The van der Waals surface area contributed by atoms with Gasteiger partial charge in [-0.3, -0.25) is 0 Å². The van der Waals surface area contributed by atoms with Crippen LogP contribution in [0.1, 0.15) is 11.1 Å². The van der Waals surface area contributed by atoms with Gasteiger partial charge in [0.2, 0.25) is 0 Å². The summed E-state index contributed by atoms with van der Waals surface area (Å²) in [5.41, 5.74) is 2.92. The molecule has 0 aliphatic carbocycles. The minimum atomic E-state index is 0.693. The Labute approximate surface area is 106 Å². The Kier molecular flexibility index (Phi) is 3.59. The van der Waals surface area contributed by atoms with Gasteiger partial charge in [-0.25, -0.2) is 0 Å². The Morgan fingerprint density at radius 3 is 2.12 bits per heavy atom. The Balaban J connectivity index is 2.48. The van der Waals surface area contributed by atoms with Crippen LogP contribution in [0.2, 0.25) is 5.02 Å². The quantitative estimate of drug-likeness (QED) is 0.717. The predicted molar refractivity (Wildman–Crippen MR) is 70.6 cm³/mol. The number of hydrogen-bond donors (Lipinski definition) is 0. The summed E-state index contributed by atoms with van der Waals surface area (Å²) in [6, 6.07) is 19.4. The number of rotatable bonds is 2. The topological polar surface area (TPSA) is 23.8 Å². The maximum absolute atomic E-state index is 8.86. The first-order valence-electron chi connectivity index (χ1n) is 5.22. The summed E-state index contributed by atoms with van der Waals surface area (Å²) in [6.45, 7) is 0. The highest BCUT2D eigenvalue weighted by Crippen LogP contribution is 2.24. The average Bonchev–Trinajstić information content (AvgIpc) is 2.38. The van der Waals surface area contributed by atoms with E-state index in [9.17, 15) is 0 Å². The van der Waals surface area contributed by atoms with Crippen molar-refractivity contribution >= 4 is 17.2 Å². The number of benzene rings is 2. The van der Waals surface area contributed by atoms with Gasteiger partial charge in [0, 0.05) is 11.1 Å². The van der Waals surface area contributed by atoms with Crippen LogP contribution in [0.25, 0.3) is 5.57 Å². The third-order valence-electron chi connectivity index (χ3n) is 2.45. The van der Waals surface area contributed by atoms with Crippen LogP contribution in [0.4, 0.5) is 0 Å². The first-order valence-corrected chi connectivity index (χ1v) is 5.60. The molecule has 0 aromatic heterocycles. The molecule has 2 heteroatoms. The van der Waals surface area contributed by atoms with E-state index in [2.05, 4.69) is 6.07 Å². The zero-order chi connectivity index (χ0) is 12.1. The van der Waals surface area contributed by atoms with Crippen molar-refractivity contribution in [3.8, 4) is 6.07 Å². The van der Waals surface area contributed by atoms with Gasteiger partial charge in [-0.1, -0.05) is 54.1 Å². The van der Waals surface area contributed by atoms with Crippen LogP contribution < -0.4 is 0 Å². The molecule has 2 aromatic carbocycles. The first-order chi connectivity index (χ1) is 8.31. The van der Waals surface area contributed by atoms with Gasteiger partial charge in [-0.2, -0.15) is 5.26 Å². The summed E-state index contributed by atoms with van der Waals surface area (Å²) < 4.78 is 0. The molecular formula is C15H10ClN. The standard InChI is InChI=1S/C15H10ClN/c16-14-8-6-13(7-9-14)15(10-11-17)12-4-2-1-3-5-12/h1-10H/b15-10+. The summed E-state index contributed by atoms with van der Waals surface area (Å²) >= 11 is 5.85. The molecule has 0 radical (unpaired) electrons. The van der Waals surface area contributed by atoms with Gasteiger partial charge < -0.3 is 0 Å². The molecule has 82 valence electrons. The molecule has 0 N–H and O–H groups in total. The fraction of sp³-hybridized carbons (Fsp3) is 0. The van der Waals surface area contributed by atoms with E-state index in [1.807, 2.05) is 54.6 Å². The molecule has 0 amide bonds. The minimum absolute atomic E-state index is 0.693. The molecule has 2 aromatic rings. The molecule has 0 atom stereocenters. The molecule has 0 fully saturated rings. The number of hydrogen-bond acceptors (Lipinski definition) is 1.